The lowest BCUT2D eigenvalue weighted by Crippen LogP contribution is -2.20. The van der Waals surface area contributed by atoms with E-state index in [2.05, 4.69) is 0 Å². The molecule has 18 heavy (non-hydrogen) atoms. The molecule has 0 spiro atoms. The maximum atomic E-state index is 11.2. The Hall–Kier alpha value is -0.130. The second-order valence-corrected chi connectivity index (χ2v) is 6.61. The summed E-state index contributed by atoms with van der Waals surface area (Å²) in [6.45, 7) is 2.27. The Morgan fingerprint density at radius 3 is 1.89 bits per heavy atom. The SMILES string of the molecule is CCCCC(CCCCCCCCO)S(=O)(=O)O. The monoisotopic (exact) mass is 280 g/mol. The van der Waals surface area contributed by atoms with E-state index in [1.54, 1.807) is 0 Å². The molecule has 0 aliphatic heterocycles. The highest BCUT2D eigenvalue weighted by molar-refractivity contribution is 7.86. The van der Waals surface area contributed by atoms with Crippen LogP contribution in [-0.2, 0) is 10.1 Å². The lowest BCUT2D eigenvalue weighted by atomic mass is 10.1. The molecule has 0 radical (unpaired) electrons. The summed E-state index contributed by atoms with van der Waals surface area (Å²) in [5, 5.41) is 8.05. The van der Waals surface area contributed by atoms with Crippen molar-refractivity contribution in [3.63, 3.8) is 0 Å². The molecule has 0 amide bonds. The number of aliphatic hydroxyl groups excluding tert-OH is 1. The van der Waals surface area contributed by atoms with Gasteiger partial charge in [0.1, 0.15) is 0 Å². The van der Waals surface area contributed by atoms with Crippen LogP contribution < -0.4 is 0 Å². The zero-order valence-corrected chi connectivity index (χ0v) is 12.3. The van der Waals surface area contributed by atoms with Gasteiger partial charge in [-0.1, -0.05) is 51.9 Å². The predicted molar refractivity (Wildman–Crippen MR) is 74.3 cm³/mol. The van der Waals surface area contributed by atoms with Crippen molar-refractivity contribution in [1.82, 2.24) is 0 Å². The van der Waals surface area contributed by atoms with Crippen LogP contribution >= 0.6 is 0 Å². The van der Waals surface area contributed by atoms with Crippen LogP contribution in [-0.4, -0.2) is 29.9 Å². The van der Waals surface area contributed by atoms with E-state index < -0.39 is 15.4 Å². The molecule has 0 fully saturated rings. The van der Waals surface area contributed by atoms with E-state index in [0.29, 0.717) is 12.8 Å². The van der Waals surface area contributed by atoms with Crippen molar-refractivity contribution in [2.24, 2.45) is 0 Å². The van der Waals surface area contributed by atoms with Crippen molar-refractivity contribution < 1.29 is 18.1 Å². The summed E-state index contributed by atoms with van der Waals surface area (Å²) in [5.74, 6) is 0. The van der Waals surface area contributed by atoms with Gasteiger partial charge >= 0.3 is 0 Å². The van der Waals surface area contributed by atoms with E-state index in [0.717, 1.165) is 51.4 Å². The fraction of sp³-hybridized carbons (Fsp3) is 1.00. The van der Waals surface area contributed by atoms with E-state index in [4.69, 9.17) is 9.66 Å². The average molecular weight is 280 g/mol. The molecule has 0 saturated carbocycles. The Kier molecular flexibility index (Phi) is 10.7. The molecule has 0 rings (SSSR count). The minimum absolute atomic E-state index is 0.252. The highest BCUT2D eigenvalue weighted by Gasteiger charge is 2.21. The van der Waals surface area contributed by atoms with Crippen LogP contribution in [0.4, 0.5) is 0 Å². The Balaban J connectivity index is 3.70. The lowest BCUT2D eigenvalue weighted by molar-refractivity contribution is 0.282. The normalized spacial score (nSPS) is 13.7. The molecule has 1 unspecified atom stereocenters. The molecule has 0 bridgehead atoms. The second kappa shape index (κ2) is 10.8. The fourth-order valence-corrected chi connectivity index (χ4v) is 2.99. The summed E-state index contributed by atoms with van der Waals surface area (Å²) < 4.78 is 31.5. The molecule has 5 heteroatoms. The number of aliphatic hydroxyl groups is 1. The van der Waals surface area contributed by atoms with Gasteiger partial charge in [-0.2, -0.15) is 8.42 Å². The van der Waals surface area contributed by atoms with E-state index in [1.165, 1.54) is 0 Å². The zero-order valence-electron chi connectivity index (χ0n) is 11.5. The molecule has 0 heterocycles. The highest BCUT2D eigenvalue weighted by atomic mass is 32.2. The molecular formula is C13H28O4S. The molecule has 0 saturated heterocycles. The van der Waals surface area contributed by atoms with Gasteiger partial charge in [0.05, 0.1) is 5.25 Å². The van der Waals surface area contributed by atoms with Crippen LogP contribution in [0.25, 0.3) is 0 Å². The molecule has 0 aromatic heterocycles. The van der Waals surface area contributed by atoms with Crippen molar-refractivity contribution in [2.75, 3.05) is 6.61 Å². The summed E-state index contributed by atoms with van der Waals surface area (Å²) in [5.41, 5.74) is 0. The first-order chi connectivity index (χ1) is 8.52. The Morgan fingerprint density at radius 2 is 1.39 bits per heavy atom. The molecule has 0 aliphatic carbocycles. The van der Waals surface area contributed by atoms with Gasteiger partial charge in [0.15, 0.2) is 0 Å². The van der Waals surface area contributed by atoms with Gasteiger partial charge in [-0.15, -0.1) is 0 Å². The lowest BCUT2D eigenvalue weighted by Gasteiger charge is -2.13. The van der Waals surface area contributed by atoms with E-state index in [9.17, 15) is 8.42 Å². The van der Waals surface area contributed by atoms with Crippen LogP contribution in [0.2, 0.25) is 0 Å². The van der Waals surface area contributed by atoms with Crippen molar-refractivity contribution in [2.45, 2.75) is 76.4 Å². The molecule has 0 aromatic carbocycles. The Labute approximate surface area is 112 Å². The van der Waals surface area contributed by atoms with Crippen LogP contribution in [0, 0.1) is 0 Å². The number of unbranched alkanes of at least 4 members (excludes halogenated alkanes) is 6. The summed E-state index contributed by atoms with van der Waals surface area (Å²) in [6.07, 6.45) is 8.85. The first-order valence-corrected chi connectivity index (χ1v) is 8.59. The third-order valence-electron chi connectivity index (χ3n) is 3.24. The minimum atomic E-state index is -3.87. The van der Waals surface area contributed by atoms with Crippen molar-refractivity contribution in [3.05, 3.63) is 0 Å². The van der Waals surface area contributed by atoms with Crippen LogP contribution in [0.5, 0.6) is 0 Å². The van der Waals surface area contributed by atoms with E-state index in [1.807, 2.05) is 6.92 Å². The van der Waals surface area contributed by atoms with Gasteiger partial charge < -0.3 is 5.11 Å². The summed E-state index contributed by atoms with van der Waals surface area (Å²) >= 11 is 0. The third kappa shape index (κ3) is 9.85. The molecule has 110 valence electrons. The van der Waals surface area contributed by atoms with Gasteiger partial charge in [0.25, 0.3) is 10.1 Å². The standard InChI is InChI=1S/C13H28O4S/c1-2-3-10-13(18(15,16)17)11-8-6-4-5-7-9-12-14/h13-14H,2-12H2,1H3,(H,15,16,17). The van der Waals surface area contributed by atoms with Crippen molar-refractivity contribution in [3.8, 4) is 0 Å². The Morgan fingerprint density at radius 1 is 0.889 bits per heavy atom. The first kappa shape index (κ1) is 17.9. The van der Waals surface area contributed by atoms with Crippen LogP contribution in [0.3, 0.4) is 0 Å². The van der Waals surface area contributed by atoms with Gasteiger partial charge in [0.2, 0.25) is 0 Å². The Bertz CT molecular complexity index is 275. The summed E-state index contributed by atoms with van der Waals surface area (Å²) in [4.78, 5) is 0. The molecule has 1 atom stereocenters. The highest BCUT2D eigenvalue weighted by Crippen LogP contribution is 2.17. The average Bonchev–Trinajstić information content (AvgIpc) is 2.30. The third-order valence-corrected chi connectivity index (χ3v) is 4.55. The van der Waals surface area contributed by atoms with Crippen molar-refractivity contribution >= 4 is 10.1 Å². The van der Waals surface area contributed by atoms with Gasteiger partial charge in [-0.3, -0.25) is 4.55 Å². The predicted octanol–water partition coefficient (Wildman–Crippen LogP) is 3.16. The van der Waals surface area contributed by atoms with Crippen LogP contribution in [0.1, 0.15) is 71.1 Å². The van der Waals surface area contributed by atoms with E-state index >= 15 is 0 Å². The van der Waals surface area contributed by atoms with Crippen molar-refractivity contribution in [1.29, 1.82) is 0 Å². The van der Waals surface area contributed by atoms with Gasteiger partial charge in [0, 0.05) is 6.61 Å². The molecule has 0 aliphatic rings. The maximum Gasteiger partial charge on any atom is 0.267 e. The summed E-state index contributed by atoms with van der Waals surface area (Å²) in [6, 6.07) is 0. The van der Waals surface area contributed by atoms with Gasteiger partial charge in [-0.25, -0.2) is 0 Å². The molecular weight excluding hydrogens is 252 g/mol. The van der Waals surface area contributed by atoms with E-state index in [-0.39, 0.29) is 6.61 Å². The smallest absolute Gasteiger partial charge is 0.267 e. The first-order valence-electron chi connectivity index (χ1n) is 7.09. The summed E-state index contributed by atoms with van der Waals surface area (Å²) in [7, 11) is -3.87. The second-order valence-electron chi connectivity index (χ2n) is 4.91. The fourth-order valence-electron chi connectivity index (χ4n) is 2.06. The van der Waals surface area contributed by atoms with Crippen LogP contribution in [0.15, 0.2) is 0 Å². The number of hydrogen-bond donors (Lipinski definition) is 2. The molecule has 4 nitrogen and oxygen atoms in total. The topological polar surface area (TPSA) is 74.6 Å². The van der Waals surface area contributed by atoms with Gasteiger partial charge in [-0.05, 0) is 19.3 Å². The maximum absolute atomic E-state index is 11.2. The largest absolute Gasteiger partial charge is 0.396 e. The quantitative estimate of drug-likeness (QED) is 0.425. The minimum Gasteiger partial charge on any atom is -0.396 e. The zero-order chi connectivity index (χ0) is 13.9. The number of hydrogen-bond acceptors (Lipinski definition) is 3. The molecule has 0 aromatic rings. The number of rotatable bonds is 12. The molecule has 2 N–H and O–H groups in total.